The maximum atomic E-state index is 12.0. The Hall–Kier alpha value is -1.19. The fraction of sp³-hybridized carbons (Fsp3) is 0.231. The van der Waals surface area contributed by atoms with Crippen molar-refractivity contribution in [3.8, 4) is 0 Å². The molecule has 1 heterocycles. The van der Waals surface area contributed by atoms with Crippen LogP contribution in [0.4, 0.5) is 0 Å². The van der Waals surface area contributed by atoms with E-state index in [0.717, 1.165) is 16.3 Å². The van der Waals surface area contributed by atoms with E-state index >= 15 is 0 Å². The third-order valence-electron chi connectivity index (χ3n) is 2.43. The molecule has 0 aliphatic heterocycles. The first kappa shape index (κ1) is 12.3. The molecule has 0 N–H and O–H groups in total. The maximum Gasteiger partial charge on any atom is 0.170 e. The molecule has 0 unspecified atom stereocenters. The Morgan fingerprint density at radius 1 is 1.41 bits per heavy atom. The molecule has 0 fully saturated rings. The lowest BCUT2D eigenvalue weighted by Crippen LogP contribution is -2.04. The Balaban J connectivity index is 2.20. The molecule has 1 aromatic heterocycles. The highest BCUT2D eigenvalue weighted by molar-refractivity contribution is 7.09. The summed E-state index contributed by atoms with van der Waals surface area (Å²) in [5.74, 6) is 0.0142. The normalized spacial score (nSPS) is 10.5. The summed E-state index contributed by atoms with van der Waals surface area (Å²) < 4.78 is 0. The fourth-order valence-electron chi connectivity index (χ4n) is 1.60. The van der Waals surface area contributed by atoms with Crippen LogP contribution in [0, 0.1) is 13.8 Å². The number of ketones is 1. The van der Waals surface area contributed by atoms with Gasteiger partial charge in [-0.2, -0.15) is 0 Å². The lowest BCUT2D eigenvalue weighted by Gasteiger charge is -2.03. The van der Waals surface area contributed by atoms with Gasteiger partial charge in [0.15, 0.2) is 5.78 Å². The summed E-state index contributed by atoms with van der Waals surface area (Å²) in [4.78, 5) is 16.3. The second-order valence-electron chi connectivity index (χ2n) is 3.94. The van der Waals surface area contributed by atoms with Crippen molar-refractivity contribution in [2.45, 2.75) is 20.3 Å². The zero-order valence-corrected chi connectivity index (χ0v) is 11.2. The number of carbonyl (C=O) groups excluding carboxylic acids is 1. The first-order valence-corrected chi connectivity index (χ1v) is 6.52. The summed E-state index contributed by atoms with van der Waals surface area (Å²) in [6.07, 6.45) is 0.313. The van der Waals surface area contributed by atoms with Gasteiger partial charge >= 0.3 is 0 Å². The standard InChI is InChI=1S/C13H12ClNOS/c1-8-3-4-11(12(14)5-8)13(16)6-10-7-17-9(2)15-10/h3-5,7H,6H2,1-2H3. The number of hydrogen-bond acceptors (Lipinski definition) is 3. The summed E-state index contributed by atoms with van der Waals surface area (Å²) in [6, 6.07) is 5.48. The van der Waals surface area contributed by atoms with Crippen molar-refractivity contribution < 1.29 is 4.79 Å². The molecule has 0 bridgehead atoms. The molecule has 4 heteroatoms. The Kier molecular flexibility index (Phi) is 3.60. The monoisotopic (exact) mass is 265 g/mol. The minimum Gasteiger partial charge on any atom is -0.294 e. The minimum atomic E-state index is 0.0142. The molecule has 0 saturated heterocycles. The summed E-state index contributed by atoms with van der Waals surface area (Å²) in [5, 5.41) is 3.40. The van der Waals surface area contributed by atoms with Crippen LogP contribution in [-0.4, -0.2) is 10.8 Å². The van der Waals surface area contributed by atoms with Crippen LogP contribution in [0.3, 0.4) is 0 Å². The van der Waals surface area contributed by atoms with Gasteiger partial charge in [-0.15, -0.1) is 11.3 Å². The first-order valence-electron chi connectivity index (χ1n) is 5.26. The SMILES string of the molecule is Cc1ccc(C(=O)Cc2csc(C)n2)c(Cl)c1. The van der Waals surface area contributed by atoms with Gasteiger partial charge in [0, 0.05) is 10.9 Å². The zero-order valence-electron chi connectivity index (χ0n) is 9.66. The van der Waals surface area contributed by atoms with Gasteiger partial charge in [-0.25, -0.2) is 4.98 Å². The molecular formula is C13H12ClNOS. The number of nitrogens with zero attached hydrogens (tertiary/aromatic N) is 1. The van der Waals surface area contributed by atoms with Gasteiger partial charge in [0.1, 0.15) is 0 Å². The third kappa shape index (κ3) is 2.93. The smallest absolute Gasteiger partial charge is 0.170 e. The summed E-state index contributed by atoms with van der Waals surface area (Å²) in [6.45, 7) is 3.88. The van der Waals surface area contributed by atoms with Crippen molar-refractivity contribution in [2.75, 3.05) is 0 Å². The topological polar surface area (TPSA) is 30.0 Å². The van der Waals surface area contributed by atoms with Gasteiger partial charge in [0.2, 0.25) is 0 Å². The predicted octanol–water partition coefficient (Wildman–Crippen LogP) is 3.84. The van der Waals surface area contributed by atoms with Crippen LogP contribution in [0.15, 0.2) is 23.6 Å². The Bertz CT molecular complexity index is 562. The molecule has 0 aliphatic rings. The Morgan fingerprint density at radius 2 is 2.18 bits per heavy atom. The summed E-state index contributed by atoms with van der Waals surface area (Å²) >= 11 is 7.61. The molecule has 2 rings (SSSR count). The van der Waals surface area contributed by atoms with E-state index in [-0.39, 0.29) is 5.78 Å². The molecule has 2 aromatic rings. The molecule has 88 valence electrons. The van der Waals surface area contributed by atoms with Crippen LogP contribution in [0.2, 0.25) is 5.02 Å². The van der Waals surface area contributed by atoms with E-state index in [0.29, 0.717) is 17.0 Å². The van der Waals surface area contributed by atoms with Crippen molar-refractivity contribution >= 4 is 28.7 Å². The summed E-state index contributed by atoms with van der Waals surface area (Å²) in [7, 11) is 0. The van der Waals surface area contributed by atoms with E-state index in [1.165, 1.54) is 0 Å². The number of hydrogen-bond donors (Lipinski definition) is 0. The molecule has 0 spiro atoms. The van der Waals surface area contributed by atoms with Gasteiger partial charge in [0.05, 0.1) is 22.1 Å². The van der Waals surface area contributed by atoms with Crippen molar-refractivity contribution in [2.24, 2.45) is 0 Å². The largest absolute Gasteiger partial charge is 0.294 e. The average molecular weight is 266 g/mol. The Morgan fingerprint density at radius 3 is 2.76 bits per heavy atom. The number of aromatic nitrogens is 1. The molecule has 1 aromatic carbocycles. The second-order valence-corrected chi connectivity index (χ2v) is 5.41. The second kappa shape index (κ2) is 4.98. The highest BCUT2D eigenvalue weighted by atomic mass is 35.5. The molecule has 2 nitrogen and oxygen atoms in total. The van der Waals surface area contributed by atoms with E-state index in [9.17, 15) is 4.79 Å². The first-order chi connectivity index (χ1) is 8.06. The van der Waals surface area contributed by atoms with Gasteiger partial charge in [0.25, 0.3) is 0 Å². The molecular weight excluding hydrogens is 254 g/mol. The van der Waals surface area contributed by atoms with Crippen LogP contribution in [0.1, 0.15) is 26.6 Å². The van der Waals surface area contributed by atoms with Gasteiger partial charge < -0.3 is 0 Å². The quantitative estimate of drug-likeness (QED) is 0.790. The number of rotatable bonds is 3. The number of carbonyl (C=O) groups is 1. The molecule has 0 atom stereocenters. The van der Waals surface area contributed by atoms with Gasteiger partial charge in [-0.05, 0) is 31.5 Å². The maximum absolute atomic E-state index is 12.0. The van der Waals surface area contributed by atoms with E-state index in [2.05, 4.69) is 4.98 Å². The van der Waals surface area contributed by atoms with E-state index < -0.39 is 0 Å². The van der Waals surface area contributed by atoms with Crippen LogP contribution >= 0.6 is 22.9 Å². The van der Waals surface area contributed by atoms with E-state index in [1.54, 1.807) is 23.5 Å². The predicted molar refractivity (Wildman–Crippen MR) is 71.1 cm³/mol. The number of benzene rings is 1. The molecule has 17 heavy (non-hydrogen) atoms. The lowest BCUT2D eigenvalue weighted by molar-refractivity contribution is 0.0992. The van der Waals surface area contributed by atoms with Crippen LogP contribution in [-0.2, 0) is 6.42 Å². The van der Waals surface area contributed by atoms with Crippen LogP contribution in [0.5, 0.6) is 0 Å². The van der Waals surface area contributed by atoms with Crippen molar-refractivity contribution in [3.63, 3.8) is 0 Å². The average Bonchev–Trinajstić information content (AvgIpc) is 2.63. The number of halogens is 1. The number of aryl methyl sites for hydroxylation is 2. The highest BCUT2D eigenvalue weighted by Crippen LogP contribution is 2.20. The molecule has 0 saturated carbocycles. The lowest BCUT2D eigenvalue weighted by atomic mass is 10.1. The van der Waals surface area contributed by atoms with Gasteiger partial charge in [-0.3, -0.25) is 4.79 Å². The van der Waals surface area contributed by atoms with Crippen LogP contribution < -0.4 is 0 Å². The van der Waals surface area contributed by atoms with E-state index in [1.807, 2.05) is 25.3 Å². The summed E-state index contributed by atoms with van der Waals surface area (Å²) in [5.41, 5.74) is 2.44. The highest BCUT2D eigenvalue weighted by Gasteiger charge is 2.12. The Labute approximate surface area is 109 Å². The third-order valence-corrected chi connectivity index (χ3v) is 3.57. The number of thiazole rings is 1. The molecule has 0 amide bonds. The van der Waals surface area contributed by atoms with Crippen LogP contribution in [0.25, 0.3) is 0 Å². The zero-order chi connectivity index (χ0) is 12.4. The molecule has 0 aliphatic carbocycles. The molecule has 0 radical (unpaired) electrons. The number of Topliss-reactive ketones (excluding diaryl/α,β-unsaturated/α-hetero) is 1. The van der Waals surface area contributed by atoms with Crippen molar-refractivity contribution in [1.82, 2.24) is 4.98 Å². The minimum absolute atomic E-state index is 0.0142. The van der Waals surface area contributed by atoms with Gasteiger partial charge in [-0.1, -0.05) is 17.7 Å². The van der Waals surface area contributed by atoms with Crippen molar-refractivity contribution in [3.05, 3.63) is 50.4 Å². The van der Waals surface area contributed by atoms with E-state index in [4.69, 9.17) is 11.6 Å². The fourth-order valence-corrected chi connectivity index (χ4v) is 2.55. The van der Waals surface area contributed by atoms with Crippen molar-refractivity contribution in [1.29, 1.82) is 0 Å².